The van der Waals surface area contributed by atoms with Crippen molar-refractivity contribution < 1.29 is 4.74 Å². The van der Waals surface area contributed by atoms with E-state index in [1.54, 1.807) is 24.3 Å². The fourth-order valence-corrected chi connectivity index (χ4v) is 4.32. The highest BCUT2D eigenvalue weighted by atomic mass is 16.5. The molecule has 2 heterocycles. The first kappa shape index (κ1) is 22.4. The number of para-hydroxylation sites is 2. The Hall–Kier alpha value is -5.11. The maximum Gasteiger partial charge on any atom is 0.373 e. The number of aryl methyl sites for hydroxylation is 1. The lowest BCUT2D eigenvalue weighted by molar-refractivity contribution is 0.152. The summed E-state index contributed by atoms with van der Waals surface area (Å²) >= 11 is 0. The molecule has 4 aromatic carbocycles. The lowest BCUT2D eigenvalue weighted by Crippen LogP contribution is -2.49. The van der Waals surface area contributed by atoms with Crippen LogP contribution >= 0.6 is 0 Å². The lowest BCUT2D eigenvalue weighted by Gasteiger charge is -2.32. The predicted octanol–water partition coefficient (Wildman–Crippen LogP) is 4.37. The largest absolute Gasteiger partial charge is 0.462 e. The molecule has 0 N–H and O–H groups in total. The zero-order valence-corrected chi connectivity index (χ0v) is 20.0. The van der Waals surface area contributed by atoms with Crippen LogP contribution in [0.1, 0.15) is 17.4 Å². The molecule has 1 atom stereocenters. The van der Waals surface area contributed by atoms with Gasteiger partial charge in [-0.05, 0) is 43.3 Å². The van der Waals surface area contributed by atoms with Crippen LogP contribution in [-0.2, 0) is 0 Å². The van der Waals surface area contributed by atoms with Crippen LogP contribution in [0.2, 0.25) is 0 Å². The standard InChI is InChI=1S/C29H23N5O3/c1-21-17-19-25(20-18-21)37-27-26(22-11-5-2-6-12-22)30-33(24-15-9-4-10-16-24)34-29(36)31(28(35)32(27)34)23-13-7-3-8-14-23/h2-20,27H,1H3. The molecular weight excluding hydrogens is 466 g/mol. The molecule has 1 aliphatic heterocycles. The van der Waals surface area contributed by atoms with E-state index in [2.05, 4.69) is 0 Å². The second kappa shape index (κ2) is 9.16. The van der Waals surface area contributed by atoms with Crippen molar-refractivity contribution in [3.8, 4) is 11.4 Å². The Bertz CT molecular complexity index is 1690. The van der Waals surface area contributed by atoms with Gasteiger partial charge in [0.1, 0.15) is 11.5 Å². The Morgan fingerprint density at radius 1 is 0.676 bits per heavy atom. The van der Waals surface area contributed by atoms with Crippen LogP contribution < -0.4 is 21.2 Å². The minimum absolute atomic E-state index is 0.454. The third kappa shape index (κ3) is 3.94. The maximum atomic E-state index is 14.0. The number of rotatable bonds is 5. The van der Waals surface area contributed by atoms with Gasteiger partial charge in [-0.2, -0.15) is 4.68 Å². The number of hydrazone groups is 1. The zero-order valence-electron chi connectivity index (χ0n) is 20.0. The van der Waals surface area contributed by atoms with E-state index in [1.165, 1.54) is 14.6 Å². The molecule has 1 aromatic heterocycles. The number of fused-ring (bicyclic) bond motifs is 1. The summed E-state index contributed by atoms with van der Waals surface area (Å²) in [5.41, 5.74) is 2.29. The normalized spacial score (nSPS) is 14.7. The summed E-state index contributed by atoms with van der Waals surface area (Å²) in [7, 11) is 0. The molecular formula is C29H23N5O3. The average molecular weight is 490 g/mol. The van der Waals surface area contributed by atoms with Gasteiger partial charge in [0.25, 0.3) is 0 Å². The number of hydrogen-bond donors (Lipinski definition) is 0. The van der Waals surface area contributed by atoms with Crippen molar-refractivity contribution >= 4 is 11.4 Å². The molecule has 8 heteroatoms. The van der Waals surface area contributed by atoms with Gasteiger partial charge in [-0.1, -0.05) is 84.4 Å². The summed E-state index contributed by atoms with van der Waals surface area (Å²) in [6, 6.07) is 35.1. The molecule has 5 aromatic rings. The van der Waals surface area contributed by atoms with Crippen LogP contribution in [0, 0.1) is 6.92 Å². The highest BCUT2D eigenvalue weighted by Gasteiger charge is 2.37. The van der Waals surface area contributed by atoms with E-state index in [1.807, 2.05) is 97.9 Å². The van der Waals surface area contributed by atoms with E-state index in [-0.39, 0.29) is 0 Å². The molecule has 37 heavy (non-hydrogen) atoms. The van der Waals surface area contributed by atoms with Gasteiger partial charge >= 0.3 is 11.4 Å². The van der Waals surface area contributed by atoms with Crippen molar-refractivity contribution in [2.75, 3.05) is 5.12 Å². The molecule has 0 bridgehead atoms. The Morgan fingerprint density at radius 3 is 1.86 bits per heavy atom. The SMILES string of the molecule is Cc1ccc(OC2C(c3ccccc3)=NN(c3ccccc3)n3c(=O)n(-c4ccccc4)c(=O)n32)cc1. The summed E-state index contributed by atoms with van der Waals surface area (Å²) in [6.45, 7) is 1.99. The molecule has 0 radical (unpaired) electrons. The first-order chi connectivity index (χ1) is 18.1. The summed E-state index contributed by atoms with van der Waals surface area (Å²) in [5.74, 6) is 0.547. The van der Waals surface area contributed by atoms with Crippen LogP contribution in [0.5, 0.6) is 5.75 Å². The van der Waals surface area contributed by atoms with Crippen molar-refractivity contribution in [2.24, 2.45) is 5.10 Å². The fraction of sp³-hybridized carbons (Fsp3) is 0.0690. The van der Waals surface area contributed by atoms with Gasteiger partial charge in [-0.3, -0.25) is 0 Å². The minimum atomic E-state index is -1.00. The minimum Gasteiger partial charge on any atom is -0.462 e. The van der Waals surface area contributed by atoms with Crippen molar-refractivity contribution in [3.63, 3.8) is 0 Å². The summed E-state index contributed by atoms with van der Waals surface area (Å²) in [5, 5.41) is 6.33. The Morgan fingerprint density at radius 2 is 1.24 bits per heavy atom. The average Bonchev–Trinajstić information content (AvgIpc) is 3.21. The molecule has 0 amide bonds. The molecule has 0 saturated carbocycles. The van der Waals surface area contributed by atoms with Crippen molar-refractivity contribution in [3.05, 3.63) is 147 Å². The summed E-state index contributed by atoms with van der Waals surface area (Å²) in [4.78, 5) is 29.1. The highest BCUT2D eigenvalue weighted by Crippen LogP contribution is 2.27. The molecule has 6 rings (SSSR count). The smallest absolute Gasteiger partial charge is 0.373 e. The number of anilines is 1. The van der Waals surface area contributed by atoms with Crippen LogP contribution in [0.15, 0.2) is 130 Å². The Labute approximate surface area is 212 Å². The molecule has 0 saturated heterocycles. The van der Waals surface area contributed by atoms with Crippen molar-refractivity contribution in [2.45, 2.75) is 13.2 Å². The van der Waals surface area contributed by atoms with E-state index in [0.29, 0.717) is 22.8 Å². The van der Waals surface area contributed by atoms with Crippen LogP contribution in [0.3, 0.4) is 0 Å². The van der Waals surface area contributed by atoms with Crippen LogP contribution in [-0.4, -0.2) is 19.8 Å². The molecule has 0 fully saturated rings. The fourth-order valence-electron chi connectivity index (χ4n) is 4.32. The van der Waals surface area contributed by atoms with Crippen molar-refractivity contribution in [1.82, 2.24) is 14.0 Å². The molecule has 1 unspecified atom stereocenters. The van der Waals surface area contributed by atoms with E-state index in [0.717, 1.165) is 15.7 Å². The quantitative estimate of drug-likeness (QED) is 0.367. The third-order valence-corrected chi connectivity index (χ3v) is 6.13. The van der Waals surface area contributed by atoms with Gasteiger partial charge < -0.3 is 4.74 Å². The second-order valence-electron chi connectivity index (χ2n) is 8.63. The number of aromatic nitrogens is 3. The molecule has 0 spiro atoms. The summed E-state index contributed by atoms with van der Waals surface area (Å²) < 4.78 is 8.85. The Kier molecular flexibility index (Phi) is 5.54. The molecule has 1 aliphatic rings. The van der Waals surface area contributed by atoms with Crippen LogP contribution in [0.4, 0.5) is 5.69 Å². The summed E-state index contributed by atoms with van der Waals surface area (Å²) in [6.07, 6.45) is -1.00. The van der Waals surface area contributed by atoms with Gasteiger partial charge in [0.05, 0.1) is 11.4 Å². The van der Waals surface area contributed by atoms with E-state index >= 15 is 0 Å². The number of nitrogens with zero attached hydrogens (tertiary/aromatic N) is 5. The zero-order chi connectivity index (χ0) is 25.4. The molecule has 8 nitrogen and oxygen atoms in total. The third-order valence-electron chi connectivity index (χ3n) is 6.13. The van der Waals surface area contributed by atoms with Gasteiger partial charge in [-0.25, -0.2) is 14.2 Å². The van der Waals surface area contributed by atoms with Gasteiger partial charge in [0.15, 0.2) is 0 Å². The number of benzene rings is 4. The van der Waals surface area contributed by atoms with Crippen molar-refractivity contribution in [1.29, 1.82) is 0 Å². The maximum absolute atomic E-state index is 14.0. The van der Waals surface area contributed by atoms with Crippen LogP contribution in [0.25, 0.3) is 5.69 Å². The predicted molar refractivity (Wildman–Crippen MR) is 142 cm³/mol. The van der Waals surface area contributed by atoms with E-state index < -0.39 is 17.6 Å². The Balaban J connectivity index is 1.64. The first-order valence-corrected chi connectivity index (χ1v) is 11.9. The lowest BCUT2D eigenvalue weighted by atomic mass is 10.1. The first-order valence-electron chi connectivity index (χ1n) is 11.9. The van der Waals surface area contributed by atoms with Gasteiger partial charge in [0, 0.05) is 5.56 Å². The number of hydrogen-bond acceptors (Lipinski definition) is 5. The molecule has 0 aliphatic carbocycles. The monoisotopic (exact) mass is 489 g/mol. The highest BCUT2D eigenvalue weighted by molar-refractivity contribution is 6.03. The second-order valence-corrected chi connectivity index (χ2v) is 8.63. The van der Waals surface area contributed by atoms with Gasteiger partial charge in [-0.15, -0.1) is 15.0 Å². The topological polar surface area (TPSA) is 73.8 Å². The number of ether oxygens (including phenoxy) is 1. The van der Waals surface area contributed by atoms with Gasteiger partial charge in [0.2, 0.25) is 6.23 Å². The van der Waals surface area contributed by atoms with E-state index in [9.17, 15) is 9.59 Å². The molecule has 182 valence electrons. The van der Waals surface area contributed by atoms with E-state index in [4.69, 9.17) is 9.84 Å².